The highest BCUT2D eigenvalue weighted by atomic mass is 16.5. The molecule has 1 amide bonds. The molecular formula is C12H24N2O2. The van der Waals surface area contributed by atoms with Crippen molar-refractivity contribution in [1.82, 2.24) is 10.2 Å². The summed E-state index contributed by atoms with van der Waals surface area (Å²) in [5.74, 6) is 1.04. The van der Waals surface area contributed by atoms with Gasteiger partial charge in [-0.25, -0.2) is 0 Å². The minimum absolute atomic E-state index is 0.0735. The van der Waals surface area contributed by atoms with Crippen LogP contribution in [0.1, 0.15) is 20.3 Å². The summed E-state index contributed by atoms with van der Waals surface area (Å²) in [7, 11) is 3.61. The van der Waals surface area contributed by atoms with Gasteiger partial charge in [-0.15, -0.1) is 0 Å². The van der Waals surface area contributed by atoms with Gasteiger partial charge < -0.3 is 15.0 Å². The van der Waals surface area contributed by atoms with Crippen molar-refractivity contribution < 1.29 is 9.53 Å². The number of carbonyl (C=O) groups excluding carboxylic acids is 1. The first kappa shape index (κ1) is 13.5. The van der Waals surface area contributed by atoms with Crippen molar-refractivity contribution in [3.05, 3.63) is 0 Å². The number of carbonyl (C=O) groups is 1. The monoisotopic (exact) mass is 228 g/mol. The third-order valence-corrected chi connectivity index (χ3v) is 3.02. The van der Waals surface area contributed by atoms with Gasteiger partial charge >= 0.3 is 0 Å². The molecule has 1 aliphatic heterocycles. The van der Waals surface area contributed by atoms with Crippen LogP contribution in [-0.4, -0.2) is 50.7 Å². The van der Waals surface area contributed by atoms with Gasteiger partial charge in [0.25, 0.3) is 0 Å². The topological polar surface area (TPSA) is 41.6 Å². The predicted octanol–water partition coefficient (Wildman–Crippen LogP) is 0.725. The van der Waals surface area contributed by atoms with Crippen LogP contribution < -0.4 is 5.32 Å². The molecule has 1 heterocycles. The Morgan fingerprint density at radius 1 is 1.50 bits per heavy atom. The molecule has 2 unspecified atom stereocenters. The van der Waals surface area contributed by atoms with Crippen LogP contribution >= 0.6 is 0 Å². The van der Waals surface area contributed by atoms with Crippen LogP contribution in [0.25, 0.3) is 0 Å². The van der Waals surface area contributed by atoms with E-state index in [1.54, 1.807) is 19.0 Å². The van der Waals surface area contributed by atoms with Crippen molar-refractivity contribution in [2.24, 2.45) is 11.8 Å². The molecule has 1 rings (SSSR count). The van der Waals surface area contributed by atoms with Gasteiger partial charge in [-0.3, -0.25) is 4.79 Å². The quantitative estimate of drug-likeness (QED) is 0.754. The average Bonchev–Trinajstić information content (AvgIpc) is 2.69. The fourth-order valence-electron chi connectivity index (χ4n) is 1.92. The normalized spacial score (nSPS) is 22.4. The Hall–Kier alpha value is -0.610. The van der Waals surface area contributed by atoms with Gasteiger partial charge in [0.2, 0.25) is 5.91 Å². The van der Waals surface area contributed by atoms with Gasteiger partial charge in [0.05, 0.1) is 12.6 Å². The summed E-state index contributed by atoms with van der Waals surface area (Å²) in [6.45, 7) is 6.71. The highest BCUT2D eigenvalue weighted by molar-refractivity contribution is 5.81. The first-order chi connectivity index (χ1) is 7.52. The Labute approximate surface area is 98.3 Å². The van der Waals surface area contributed by atoms with Crippen molar-refractivity contribution in [3.8, 4) is 0 Å². The number of nitrogens with one attached hydrogen (secondary N) is 1. The fraction of sp³-hybridized carbons (Fsp3) is 0.917. The van der Waals surface area contributed by atoms with Crippen LogP contribution in [0.4, 0.5) is 0 Å². The first-order valence-corrected chi connectivity index (χ1v) is 6.04. The van der Waals surface area contributed by atoms with Crippen molar-refractivity contribution in [2.45, 2.75) is 26.3 Å². The third kappa shape index (κ3) is 3.76. The number of hydrogen-bond acceptors (Lipinski definition) is 3. The molecule has 2 atom stereocenters. The summed E-state index contributed by atoms with van der Waals surface area (Å²) in [5, 5.41) is 3.37. The summed E-state index contributed by atoms with van der Waals surface area (Å²) in [6.07, 6.45) is 1.11. The van der Waals surface area contributed by atoms with E-state index in [1.807, 2.05) is 0 Å². The first-order valence-electron chi connectivity index (χ1n) is 6.04. The lowest BCUT2D eigenvalue weighted by molar-refractivity contribution is -0.132. The molecule has 1 fully saturated rings. The highest BCUT2D eigenvalue weighted by Gasteiger charge is 2.25. The van der Waals surface area contributed by atoms with E-state index < -0.39 is 0 Å². The molecule has 94 valence electrons. The van der Waals surface area contributed by atoms with Gasteiger partial charge in [0.1, 0.15) is 0 Å². The molecule has 0 aromatic heterocycles. The van der Waals surface area contributed by atoms with Gasteiger partial charge in [-0.1, -0.05) is 13.8 Å². The van der Waals surface area contributed by atoms with Crippen LogP contribution in [0.5, 0.6) is 0 Å². The lowest BCUT2D eigenvalue weighted by atomic mass is 10.0. The Morgan fingerprint density at radius 2 is 2.19 bits per heavy atom. The predicted molar refractivity (Wildman–Crippen MR) is 64.2 cm³/mol. The Kier molecular flexibility index (Phi) is 5.22. The molecule has 0 aromatic carbocycles. The molecule has 4 nitrogen and oxygen atoms in total. The standard InChI is InChI=1S/C12H24N2O2/c1-9(2)11(12(15)14(3)4)13-7-10-5-6-16-8-10/h9-11,13H,5-8H2,1-4H3. The molecule has 0 spiro atoms. The van der Waals surface area contributed by atoms with Gasteiger partial charge in [-0.05, 0) is 18.3 Å². The molecule has 1 saturated heterocycles. The molecule has 0 bridgehead atoms. The summed E-state index contributed by atoms with van der Waals surface area (Å²) in [4.78, 5) is 13.6. The second-order valence-corrected chi connectivity index (χ2v) is 5.09. The van der Waals surface area contributed by atoms with Crippen LogP contribution in [-0.2, 0) is 9.53 Å². The number of rotatable bonds is 5. The fourth-order valence-corrected chi connectivity index (χ4v) is 1.92. The van der Waals surface area contributed by atoms with E-state index in [1.165, 1.54) is 0 Å². The molecule has 16 heavy (non-hydrogen) atoms. The largest absolute Gasteiger partial charge is 0.381 e. The molecule has 0 aliphatic carbocycles. The Morgan fingerprint density at radius 3 is 2.62 bits per heavy atom. The molecule has 0 saturated carbocycles. The van der Waals surface area contributed by atoms with Crippen LogP contribution in [0.15, 0.2) is 0 Å². The molecule has 4 heteroatoms. The smallest absolute Gasteiger partial charge is 0.239 e. The number of hydrogen-bond donors (Lipinski definition) is 1. The summed E-state index contributed by atoms with van der Waals surface area (Å²) < 4.78 is 5.32. The number of nitrogens with zero attached hydrogens (tertiary/aromatic N) is 1. The van der Waals surface area contributed by atoms with Gasteiger partial charge in [0, 0.05) is 27.2 Å². The minimum Gasteiger partial charge on any atom is -0.381 e. The molecule has 1 aliphatic rings. The maximum Gasteiger partial charge on any atom is 0.239 e. The molecule has 0 radical (unpaired) electrons. The SMILES string of the molecule is CC(C)C(NCC1CCOC1)C(=O)N(C)C. The van der Waals surface area contributed by atoms with E-state index in [2.05, 4.69) is 19.2 Å². The zero-order chi connectivity index (χ0) is 12.1. The van der Waals surface area contributed by atoms with Crippen LogP contribution in [0, 0.1) is 11.8 Å². The summed E-state index contributed by atoms with van der Waals surface area (Å²) >= 11 is 0. The van der Waals surface area contributed by atoms with Crippen molar-refractivity contribution >= 4 is 5.91 Å². The lowest BCUT2D eigenvalue weighted by Crippen LogP contribution is -2.48. The lowest BCUT2D eigenvalue weighted by Gasteiger charge is -2.25. The summed E-state index contributed by atoms with van der Waals surface area (Å²) in [5.41, 5.74) is 0. The summed E-state index contributed by atoms with van der Waals surface area (Å²) in [6, 6.07) is -0.0735. The second kappa shape index (κ2) is 6.21. The molecule has 0 aromatic rings. The van der Waals surface area contributed by atoms with Gasteiger partial charge in [0.15, 0.2) is 0 Å². The van der Waals surface area contributed by atoms with E-state index in [-0.39, 0.29) is 11.9 Å². The van der Waals surface area contributed by atoms with E-state index in [4.69, 9.17) is 4.74 Å². The van der Waals surface area contributed by atoms with E-state index >= 15 is 0 Å². The Balaban J connectivity index is 2.41. The van der Waals surface area contributed by atoms with Crippen molar-refractivity contribution in [2.75, 3.05) is 33.9 Å². The maximum absolute atomic E-state index is 11.9. The second-order valence-electron chi connectivity index (χ2n) is 5.09. The van der Waals surface area contributed by atoms with E-state index in [0.717, 1.165) is 26.2 Å². The number of likely N-dealkylation sites (N-methyl/N-ethyl adjacent to an activating group) is 1. The molecule has 1 N–H and O–H groups in total. The van der Waals surface area contributed by atoms with Crippen LogP contribution in [0.3, 0.4) is 0 Å². The maximum atomic E-state index is 11.9. The van der Waals surface area contributed by atoms with Gasteiger partial charge in [-0.2, -0.15) is 0 Å². The molecular weight excluding hydrogens is 204 g/mol. The zero-order valence-corrected chi connectivity index (χ0v) is 10.8. The zero-order valence-electron chi connectivity index (χ0n) is 10.8. The average molecular weight is 228 g/mol. The van der Waals surface area contributed by atoms with E-state index in [9.17, 15) is 4.79 Å². The Bertz CT molecular complexity index is 223. The third-order valence-electron chi connectivity index (χ3n) is 3.02. The van der Waals surface area contributed by atoms with Crippen molar-refractivity contribution in [3.63, 3.8) is 0 Å². The van der Waals surface area contributed by atoms with Crippen LogP contribution in [0.2, 0.25) is 0 Å². The minimum atomic E-state index is -0.0735. The highest BCUT2D eigenvalue weighted by Crippen LogP contribution is 2.12. The number of amides is 1. The van der Waals surface area contributed by atoms with E-state index in [0.29, 0.717) is 11.8 Å². The number of ether oxygens (including phenoxy) is 1. The van der Waals surface area contributed by atoms with Crippen molar-refractivity contribution in [1.29, 1.82) is 0 Å².